The van der Waals surface area contributed by atoms with Gasteiger partial charge in [0.05, 0.1) is 13.7 Å². The van der Waals surface area contributed by atoms with Gasteiger partial charge in [-0.2, -0.15) is 5.10 Å². The molecule has 0 bridgehead atoms. The Morgan fingerprint density at radius 3 is 2.60 bits per heavy atom. The Bertz CT molecular complexity index is 653. The molecule has 0 radical (unpaired) electrons. The molecule has 136 valence electrons. The summed E-state index contributed by atoms with van der Waals surface area (Å²) in [6, 6.07) is 7.57. The first-order valence-corrected chi connectivity index (χ1v) is 8.34. The number of ether oxygens (including phenoxy) is 2. The molecule has 2 rings (SSSR count). The Morgan fingerprint density at radius 1 is 1.20 bits per heavy atom. The maximum absolute atomic E-state index is 5.70. The summed E-state index contributed by atoms with van der Waals surface area (Å²) in [4.78, 5) is 8.67. The summed E-state index contributed by atoms with van der Waals surface area (Å²) in [5.74, 6) is 3.24. The van der Waals surface area contributed by atoms with Gasteiger partial charge < -0.3 is 20.1 Å². The summed E-state index contributed by atoms with van der Waals surface area (Å²) >= 11 is 0. The van der Waals surface area contributed by atoms with E-state index in [9.17, 15) is 0 Å². The number of guanidine groups is 1. The molecule has 0 aliphatic carbocycles. The molecule has 0 fully saturated rings. The second-order valence-corrected chi connectivity index (χ2v) is 5.30. The van der Waals surface area contributed by atoms with Gasteiger partial charge in [0.2, 0.25) is 0 Å². The van der Waals surface area contributed by atoms with E-state index in [0.717, 1.165) is 42.8 Å². The Hall–Kier alpha value is -2.77. The van der Waals surface area contributed by atoms with Gasteiger partial charge >= 0.3 is 0 Å². The third kappa shape index (κ3) is 6.33. The number of aromatic nitrogens is 3. The van der Waals surface area contributed by atoms with Crippen LogP contribution in [-0.4, -0.2) is 47.5 Å². The largest absolute Gasteiger partial charge is 0.497 e. The lowest BCUT2D eigenvalue weighted by molar-refractivity contribution is 0.310. The molecule has 0 saturated carbocycles. The maximum Gasteiger partial charge on any atom is 0.191 e. The predicted molar refractivity (Wildman–Crippen MR) is 96.9 cm³/mol. The first kappa shape index (κ1) is 18.6. The van der Waals surface area contributed by atoms with Crippen molar-refractivity contribution in [3.05, 3.63) is 36.4 Å². The van der Waals surface area contributed by atoms with Crippen molar-refractivity contribution in [2.75, 3.05) is 26.8 Å². The van der Waals surface area contributed by atoms with Crippen LogP contribution in [0.4, 0.5) is 0 Å². The van der Waals surface area contributed by atoms with Crippen LogP contribution in [0.5, 0.6) is 11.5 Å². The zero-order valence-corrected chi connectivity index (χ0v) is 15.0. The van der Waals surface area contributed by atoms with E-state index in [4.69, 9.17) is 9.47 Å². The molecule has 0 saturated heterocycles. The zero-order valence-electron chi connectivity index (χ0n) is 15.0. The molecule has 8 heteroatoms. The number of aryl methyl sites for hydroxylation is 1. The van der Waals surface area contributed by atoms with Crippen molar-refractivity contribution in [3.8, 4) is 11.5 Å². The van der Waals surface area contributed by atoms with Crippen LogP contribution in [0.2, 0.25) is 0 Å². The number of benzene rings is 1. The number of aliphatic imine (C=N–C) groups is 1. The van der Waals surface area contributed by atoms with E-state index in [1.54, 1.807) is 11.8 Å². The molecule has 0 aliphatic rings. The zero-order chi connectivity index (χ0) is 17.9. The standard InChI is InChI=1S/C17H26N6O2/c1-4-18-17(20-12-16-21-13-22-23(16)2)19-10-5-11-25-15-8-6-14(24-3)7-9-15/h6-9,13H,4-5,10-12H2,1-3H3,(H2,18,19,20). The van der Waals surface area contributed by atoms with Crippen molar-refractivity contribution in [3.63, 3.8) is 0 Å². The Balaban J connectivity index is 1.70. The van der Waals surface area contributed by atoms with E-state index in [0.29, 0.717) is 13.2 Å². The van der Waals surface area contributed by atoms with Crippen molar-refractivity contribution in [1.82, 2.24) is 25.4 Å². The van der Waals surface area contributed by atoms with Gasteiger partial charge in [-0.25, -0.2) is 9.98 Å². The highest BCUT2D eigenvalue weighted by Gasteiger charge is 2.01. The number of methoxy groups -OCH3 is 1. The highest BCUT2D eigenvalue weighted by molar-refractivity contribution is 5.79. The van der Waals surface area contributed by atoms with Gasteiger partial charge in [-0.1, -0.05) is 0 Å². The smallest absolute Gasteiger partial charge is 0.191 e. The Labute approximate surface area is 148 Å². The van der Waals surface area contributed by atoms with Gasteiger partial charge in [-0.05, 0) is 37.6 Å². The summed E-state index contributed by atoms with van der Waals surface area (Å²) in [6.07, 6.45) is 2.39. The van der Waals surface area contributed by atoms with Gasteiger partial charge in [0.25, 0.3) is 0 Å². The lowest BCUT2D eigenvalue weighted by atomic mass is 10.3. The van der Waals surface area contributed by atoms with Gasteiger partial charge in [-0.3, -0.25) is 4.68 Å². The Kier molecular flexibility index (Phi) is 7.55. The van der Waals surface area contributed by atoms with E-state index in [1.807, 2.05) is 38.2 Å². The second kappa shape index (κ2) is 10.2. The summed E-state index contributed by atoms with van der Waals surface area (Å²) in [6.45, 7) is 4.70. The molecular weight excluding hydrogens is 320 g/mol. The molecule has 0 amide bonds. The SMILES string of the molecule is CCNC(=NCc1ncnn1C)NCCCOc1ccc(OC)cc1. The van der Waals surface area contributed by atoms with E-state index in [1.165, 1.54) is 6.33 Å². The molecule has 1 aromatic carbocycles. The topological polar surface area (TPSA) is 85.6 Å². The molecule has 1 aromatic heterocycles. The molecule has 0 aliphatic heterocycles. The third-order valence-electron chi connectivity index (χ3n) is 3.47. The van der Waals surface area contributed by atoms with Gasteiger partial charge in [-0.15, -0.1) is 0 Å². The molecule has 0 unspecified atom stereocenters. The summed E-state index contributed by atoms with van der Waals surface area (Å²) in [5.41, 5.74) is 0. The Morgan fingerprint density at radius 2 is 1.96 bits per heavy atom. The van der Waals surface area contributed by atoms with Gasteiger partial charge in [0.15, 0.2) is 5.96 Å². The fraction of sp³-hybridized carbons (Fsp3) is 0.471. The fourth-order valence-electron chi connectivity index (χ4n) is 2.10. The van der Waals surface area contributed by atoms with Gasteiger partial charge in [0.1, 0.15) is 30.2 Å². The summed E-state index contributed by atoms with van der Waals surface area (Å²) in [7, 11) is 3.50. The van der Waals surface area contributed by atoms with Crippen molar-refractivity contribution in [2.45, 2.75) is 19.9 Å². The van der Waals surface area contributed by atoms with Crippen LogP contribution in [0.15, 0.2) is 35.6 Å². The van der Waals surface area contributed by atoms with Crippen LogP contribution in [0, 0.1) is 0 Å². The molecule has 25 heavy (non-hydrogen) atoms. The lowest BCUT2D eigenvalue weighted by Crippen LogP contribution is -2.38. The van der Waals surface area contributed by atoms with Crippen LogP contribution in [0.25, 0.3) is 0 Å². The molecule has 2 N–H and O–H groups in total. The first-order valence-electron chi connectivity index (χ1n) is 8.34. The quantitative estimate of drug-likeness (QED) is 0.405. The number of nitrogens with zero attached hydrogens (tertiary/aromatic N) is 4. The minimum atomic E-state index is 0.480. The normalized spacial score (nSPS) is 11.2. The summed E-state index contributed by atoms with van der Waals surface area (Å²) < 4.78 is 12.5. The van der Waals surface area contributed by atoms with Crippen molar-refractivity contribution in [2.24, 2.45) is 12.0 Å². The minimum Gasteiger partial charge on any atom is -0.497 e. The van der Waals surface area contributed by atoms with Crippen LogP contribution in [0.1, 0.15) is 19.2 Å². The fourth-order valence-corrected chi connectivity index (χ4v) is 2.10. The molecule has 0 spiro atoms. The molecule has 1 heterocycles. The molecular formula is C17H26N6O2. The van der Waals surface area contributed by atoms with Crippen molar-refractivity contribution >= 4 is 5.96 Å². The van der Waals surface area contributed by atoms with E-state index in [2.05, 4.69) is 25.7 Å². The maximum atomic E-state index is 5.70. The van der Waals surface area contributed by atoms with Crippen LogP contribution in [-0.2, 0) is 13.6 Å². The predicted octanol–water partition coefficient (Wildman–Crippen LogP) is 1.35. The summed E-state index contributed by atoms with van der Waals surface area (Å²) in [5, 5.41) is 10.5. The molecule has 8 nitrogen and oxygen atoms in total. The third-order valence-corrected chi connectivity index (χ3v) is 3.47. The average molecular weight is 346 g/mol. The average Bonchev–Trinajstić information content (AvgIpc) is 3.04. The lowest BCUT2D eigenvalue weighted by Gasteiger charge is -2.12. The second-order valence-electron chi connectivity index (χ2n) is 5.30. The molecule has 2 aromatic rings. The number of nitrogens with one attached hydrogen (secondary N) is 2. The van der Waals surface area contributed by atoms with E-state index < -0.39 is 0 Å². The van der Waals surface area contributed by atoms with Crippen LogP contribution < -0.4 is 20.1 Å². The monoisotopic (exact) mass is 346 g/mol. The first-order chi connectivity index (χ1) is 12.2. The van der Waals surface area contributed by atoms with Crippen LogP contribution in [0.3, 0.4) is 0 Å². The highest BCUT2D eigenvalue weighted by atomic mass is 16.5. The van der Waals surface area contributed by atoms with Crippen LogP contribution >= 0.6 is 0 Å². The van der Waals surface area contributed by atoms with Gasteiger partial charge in [0, 0.05) is 20.1 Å². The van der Waals surface area contributed by atoms with E-state index >= 15 is 0 Å². The van der Waals surface area contributed by atoms with Crippen molar-refractivity contribution < 1.29 is 9.47 Å². The number of hydrogen-bond acceptors (Lipinski definition) is 5. The van der Waals surface area contributed by atoms with E-state index in [-0.39, 0.29) is 0 Å². The highest BCUT2D eigenvalue weighted by Crippen LogP contribution is 2.16. The minimum absolute atomic E-state index is 0.480. The number of hydrogen-bond donors (Lipinski definition) is 2. The van der Waals surface area contributed by atoms with Crippen molar-refractivity contribution in [1.29, 1.82) is 0 Å². The number of rotatable bonds is 9. The molecule has 0 atom stereocenters.